The summed E-state index contributed by atoms with van der Waals surface area (Å²) >= 11 is 5.81. The van der Waals surface area contributed by atoms with Crippen LogP contribution in [-0.2, 0) is 22.4 Å². The summed E-state index contributed by atoms with van der Waals surface area (Å²) in [4.78, 5) is 48.1. The molecule has 1 unspecified atom stereocenters. The average Bonchev–Trinajstić information content (AvgIpc) is 3.01. The van der Waals surface area contributed by atoms with Crippen molar-refractivity contribution < 1.29 is 14.4 Å². The summed E-state index contributed by atoms with van der Waals surface area (Å²) in [6, 6.07) is 15.8. The predicted molar refractivity (Wildman–Crippen MR) is 177 cm³/mol. The molecule has 12 N–H and O–H groups in total. The highest BCUT2D eigenvalue weighted by Crippen LogP contribution is 2.22. The first-order valence-electron chi connectivity index (χ1n) is 14.7. The minimum absolute atomic E-state index is 0.0569. The summed E-state index contributed by atoms with van der Waals surface area (Å²) in [5, 5.41) is 5.03. The van der Waals surface area contributed by atoms with E-state index in [1.807, 2.05) is 24.3 Å². The minimum Gasteiger partial charge on any atom is -0.382 e. The second-order valence-electron chi connectivity index (χ2n) is 10.5. The summed E-state index contributed by atoms with van der Waals surface area (Å²) in [7, 11) is 0. The number of aryl methyl sites for hydroxylation is 2. The van der Waals surface area contributed by atoms with E-state index in [1.54, 1.807) is 0 Å². The maximum absolute atomic E-state index is 12.4. The second-order valence-corrected chi connectivity index (χ2v) is 10.9. The summed E-state index contributed by atoms with van der Waals surface area (Å²) in [6.45, 7) is 0.970. The molecule has 240 valence electrons. The Hall–Kier alpha value is -4.75. The Morgan fingerprint density at radius 3 is 2.04 bits per heavy atom. The van der Waals surface area contributed by atoms with Crippen LogP contribution in [0.4, 0.5) is 11.6 Å². The number of carbonyl (C=O) groups is 3. The molecule has 13 nitrogen and oxygen atoms in total. The normalized spacial score (nSPS) is 12.0. The van der Waals surface area contributed by atoms with E-state index in [-0.39, 0.29) is 40.8 Å². The number of amides is 3. The Morgan fingerprint density at radius 2 is 1.44 bits per heavy atom. The Labute approximate surface area is 267 Å². The van der Waals surface area contributed by atoms with Gasteiger partial charge in [-0.15, -0.1) is 0 Å². The van der Waals surface area contributed by atoms with E-state index in [9.17, 15) is 14.4 Å². The number of guanidine groups is 1. The first-order chi connectivity index (χ1) is 21.6. The number of benzene rings is 2. The molecule has 3 amide bonds. The fourth-order valence-corrected chi connectivity index (χ4v) is 4.62. The number of nitrogens with one attached hydrogen (secondary N) is 2. The van der Waals surface area contributed by atoms with Crippen LogP contribution in [0.1, 0.15) is 60.1 Å². The molecule has 2 aromatic carbocycles. The average molecular weight is 637 g/mol. The molecule has 0 saturated carbocycles. The van der Waals surface area contributed by atoms with Crippen molar-refractivity contribution in [3.05, 3.63) is 70.5 Å². The first kappa shape index (κ1) is 34.7. The van der Waals surface area contributed by atoms with Gasteiger partial charge in [-0.1, -0.05) is 60.1 Å². The highest BCUT2D eigenvalue weighted by molar-refractivity contribution is 6.31. The van der Waals surface area contributed by atoms with E-state index in [1.165, 1.54) is 5.56 Å². The first-order valence-corrected chi connectivity index (χ1v) is 15.1. The molecule has 45 heavy (non-hydrogen) atoms. The molecule has 1 atom stereocenters. The van der Waals surface area contributed by atoms with Crippen molar-refractivity contribution >= 4 is 46.9 Å². The maximum atomic E-state index is 12.4. The molecule has 0 aliphatic heterocycles. The van der Waals surface area contributed by atoms with Crippen LogP contribution in [-0.4, -0.2) is 52.8 Å². The van der Waals surface area contributed by atoms with Crippen LogP contribution in [0, 0.1) is 0 Å². The van der Waals surface area contributed by atoms with Gasteiger partial charge in [0.15, 0.2) is 28.4 Å². The van der Waals surface area contributed by atoms with Crippen LogP contribution in [0.15, 0.2) is 53.5 Å². The maximum Gasteiger partial charge on any atom is 0.280 e. The number of halogens is 1. The van der Waals surface area contributed by atoms with E-state index >= 15 is 0 Å². The number of hydrogen-bond donors (Lipinski definition) is 7. The van der Waals surface area contributed by atoms with E-state index in [0.29, 0.717) is 25.9 Å². The highest BCUT2D eigenvalue weighted by Gasteiger charge is 2.18. The van der Waals surface area contributed by atoms with Gasteiger partial charge in [-0.2, -0.15) is 0 Å². The fraction of sp³-hybridized carbons (Fsp3) is 0.355. The van der Waals surface area contributed by atoms with Crippen molar-refractivity contribution in [2.75, 3.05) is 24.6 Å². The second kappa shape index (κ2) is 17.5. The lowest BCUT2D eigenvalue weighted by Gasteiger charge is -2.15. The van der Waals surface area contributed by atoms with Crippen molar-refractivity contribution in [3.8, 4) is 11.1 Å². The predicted octanol–water partition coefficient (Wildman–Crippen LogP) is 2.06. The van der Waals surface area contributed by atoms with Gasteiger partial charge < -0.3 is 34.0 Å². The van der Waals surface area contributed by atoms with Gasteiger partial charge in [0, 0.05) is 13.0 Å². The summed E-state index contributed by atoms with van der Waals surface area (Å²) in [6.07, 6.45) is 5.35. The standard InChI is InChI=1S/C31H41ClN10O3/c32-26-28(35)41-27(34)25(40-26)30(45)42-31(37)38-18-4-2-5-19-7-12-21(13-8-19)22-14-9-20(10-15-22)11-16-24(43)39-23(29(36)44)6-1-3-17-33/h7-10,12-15,23H,1-6,11,16-18,33H2,(H2,36,44)(H,39,43)(H4,34,35,41)(H3,37,38,42,45). The number of carbonyl (C=O) groups excluding carboxylic acids is 3. The molecular formula is C31H41ClN10O3. The van der Waals surface area contributed by atoms with Crippen molar-refractivity contribution in [1.29, 1.82) is 0 Å². The van der Waals surface area contributed by atoms with Gasteiger partial charge in [0.05, 0.1) is 0 Å². The Kier molecular flexibility index (Phi) is 13.5. The van der Waals surface area contributed by atoms with Crippen molar-refractivity contribution in [3.63, 3.8) is 0 Å². The van der Waals surface area contributed by atoms with E-state index in [2.05, 4.69) is 49.9 Å². The molecule has 14 heteroatoms. The van der Waals surface area contributed by atoms with Crippen molar-refractivity contribution in [2.24, 2.45) is 22.2 Å². The smallest absolute Gasteiger partial charge is 0.280 e. The molecule has 0 aliphatic carbocycles. The molecule has 3 rings (SSSR count). The van der Waals surface area contributed by atoms with Crippen LogP contribution >= 0.6 is 11.6 Å². The third-order valence-electron chi connectivity index (χ3n) is 7.02. The Balaban J connectivity index is 1.39. The quantitative estimate of drug-likeness (QED) is 0.0690. The largest absolute Gasteiger partial charge is 0.382 e. The topological polar surface area (TPSA) is 244 Å². The van der Waals surface area contributed by atoms with Crippen LogP contribution in [0.25, 0.3) is 11.1 Å². The van der Waals surface area contributed by atoms with E-state index < -0.39 is 17.9 Å². The molecule has 0 radical (unpaired) electrons. The molecule has 1 heterocycles. The summed E-state index contributed by atoms with van der Waals surface area (Å²) in [5.41, 5.74) is 32.1. The van der Waals surface area contributed by atoms with Gasteiger partial charge in [-0.3, -0.25) is 24.7 Å². The molecule has 3 aromatic rings. The summed E-state index contributed by atoms with van der Waals surface area (Å²) < 4.78 is 0. The summed E-state index contributed by atoms with van der Waals surface area (Å²) in [5.74, 6) is -1.69. The number of hydrogen-bond acceptors (Lipinski definition) is 9. The number of primary amides is 1. The van der Waals surface area contributed by atoms with Gasteiger partial charge in [-0.25, -0.2) is 9.97 Å². The minimum atomic E-state index is -0.676. The Morgan fingerprint density at radius 1 is 0.822 bits per heavy atom. The number of nitrogens with zero attached hydrogens (tertiary/aromatic N) is 3. The van der Waals surface area contributed by atoms with Gasteiger partial charge in [0.2, 0.25) is 11.8 Å². The number of nitrogen functional groups attached to an aromatic ring is 2. The SMILES string of the molecule is NCCCCC(NC(=O)CCc1ccc(-c2ccc(CCCCN=C(N)NC(=O)c3nc(Cl)c(N)nc3N)cc2)cc1)C(N)=O. The van der Waals surface area contributed by atoms with E-state index in [4.69, 9.17) is 40.3 Å². The number of aromatic nitrogens is 2. The van der Waals surface area contributed by atoms with Crippen LogP contribution < -0.4 is 39.3 Å². The number of nitrogens with two attached hydrogens (primary N) is 5. The third-order valence-corrected chi connectivity index (χ3v) is 7.30. The lowest BCUT2D eigenvalue weighted by atomic mass is 9.99. The monoisotopic (exact) mass is 636 g/mol. The molecule has 0 fully saturated rings. The van der Waals surface area contributed by atoms with Crippen LogP contribution in [0.2, 0.25) is 5.15 Å². The Bertz CT molecular complexity index is 1480. The van der Waals surface area contributed by atoms with Gasteiger partial charge >= 0.3 is 0 Å². The number of anilines is 2. The zero-order valence-electron chi connectivity index (χ0n) is 25.1. The molecule has 0 bridgehead atoms. The lowest BCUT2D eigenvalue weighted by molar-refractivity contribution is -0.127. The molecule has 0 aliphatic rings. The van der Waals surface area contributed by atoms with Crippen molar-refractivity contribution in [2.45, 2.75) is 57.4 Å². The van der Waals surface area contributed by atoms with Crippen LogP contribution in [0.3, 0.4) is 0 Å². The highest BCUT2D eigenvalue weighted by atomic mass is 35.5. The van der Waals surface area contributed by atoms with Gasteiger partial charge in [0.25, 0.3) is 5.91 Å². The molecular weight excluding hydrogens is 596 g/mol. The third kappa shape index (κ3) is 11.4. The lowest BCUT2D eigenvalue weighted by Crippen LogP contribution is -2.44. The van der Waals surface area contributed by atoms with Gasteiger partial charge in [0.1, 0.15) is 6.04 Å². The molecule has 0 saturated heterocycles. The number of unbranched alkanes of at least 4 members (excludes halogenated alkanes) is 2. The molecule has 1 aromatic heterocycles. The zero-order valence-corrected chi connectivity index (χ0v) is 25.9. The fourth-order valence-electron chi connectivity index (χ4n) is 4.49. The number of aliphatic imine (C=N–C) groups is 1. The van der Waals surface area contributed by atoms with Crippen LogP contribution in [0.5, 0.6) is 0 Å². The van der Waals surface area contributed by atoms with Gasteiger partial charge in [-0.05, 0) is 73.7 Å². The molecule has 0 spiro atoms. The van der Waals surface area contributed by atoms with Crippen molar-refractivity contribution in [1.82, 2.24) is 20.6 Å². The zero-order chi connectivity index (χ0) is 32.8. The van der Waals surface area contributed by atoms with E-state index in [0.717, 1.165) is 48.8 Å². The number of rotatable bonds is 16.